The number of hydrogen-bond acceptors (Lipinski definition) is 2. The van der Waals surface area contributed by atoms with Gasteiger partial charge in [0.2, 0.25) is 5.91 Å². The molecule has 2 rings (SSSR count). The predicted octanol–water partition coefficient (Wildman–Crippen LogP) is 2.65. The van der Waals surface area contributed by atoms with Gasteiger partial charge in [0.25, 0.3) is 5.91 Å². The number of carbonyl (C=O) groups excluding carboxylic acids is 2. The lowest BCUT2D eigenvalue weighted by atomic mass is 9.93. The molecule has 0 aliphatic heterocycles. The third kappa shape index (κ3) is 4.06. The van der Waals surface area contributed by atoms with Crippen LogP contribution in [0.5, 0.6) is 0 Å². The Morgan fingerprint density at radius 3 is 2.48 bits per heavy atom. The summed E-state index contributed by atoms with van der Waals surface area (Å²) in [4.78, 5) is 25.8. The zero-order chi connectivity index (χ0) is 15.2. The third-order valence-electron chi connectivity index (χ3n) is 4.25. The Morgan fingerprint density at radius 2 is 1.86 bits per heavy atom. The molecule has 0 radical (unpaired) electrons. The first-order chi connectivity index (χ1) is 10.1. The summed E-state index contributed by atoms with van der Waals surface area (Å²) in [5.74, 6) is -0.324. The van der Waals surface area contributed by atoms with E-state index in [1.54, 1.807) is 0 Å². The van der Waals surface area contributed by atoms with Gasteiger partial charge >= 0.3 is 0 Å². The van der Waals surface area contributed by atoms with Gasteiger partial charge in [-0.2, -0.15) is 0 Å². The Hall–Kier alpha value is -1.84. The zero-order valence-electron chi connectivity index (χ0n) is 12.7. The molecule has 0 aromatic heterocycles. The van der Waals surface area contributed by atoms with Crippen molar-refractivity contribution in [3.8, 4) is 0 Å². The maximum absolute atomic E-state index is 12.9. The molecule has 0 heterocycles. The average molecular weight is 288 g/mol. The van der Waals surface area contributed by atoms with Crippen LogP contribution in [0, 0.1) is 6.92 Å². The van der Waals surface area contributed by atoms with Gasteiger partial charge in [-0.1, -0.05) is 37.5 Å². The number of amides is 2. The monoisotopic (exact) mass is 288 g/mol. The van der Waals surface area contributed by atoms with Crippen LogP contribution in [0.25, 0.3) is 0 Å². The molecule has 1 aliphatic rings. The number of nitrogens with zero attached hydrogens (tertiary/aromatic N) is 1. The van der Waals surface area contributed by atoms with Gasteiger partial charge in [0.15, 0.2) is 0 Å². The molecule has 1 aromatic rings. The van der Waals surface area contributed by atoms with Gasteiger partial charge in [-0.15, -0.1) is 0 Å². The summed E-state index contributed by atoms with van der Waals surface area (Å²) < 4.78 is 0. The fraction of sp³-hybridized carbons (Fsp3) is 0.529. The van der Waals surface area contributed by atoms with Crippen LogP contribution in [0.3, 0.4) is 0 Å². The second-order valence-electron chi connectivity index (χ2n) is 5.82. The molecule has 114 valence electrons. The molecule has 2 N–H and O–H groups in total. The predicted molar refractivity (Wildman–Crippen MR) is 82.9 cm³/mol. The molecule has 0 spiro atoms. The Labute approximate surface area is 126 Å². The van der Waals surface area contributed by atoms with Gasteiger partial charge in [0.05, 0.1) is 0 Å². The van der Waals surface area contributed by atoms with Crippen molar-refractivity contribution in [3.05, 3.63) is 35.4 Å². The molecule has 21 heavy (non-hydrogen) atoms. The van der Waals surface area contributed by atoms with Crippen LogP contribution in [0.15, 0.2) is 24.3 Å². The van der Waals surface area contributed by atoms with E-state index in [2.05, 4.69) is 0 Å². The Bertz CT molecular complexity index is 507. The minimum atomic E-state index is -0.353. The molecule has 1 aromatic carbocycles. The van der Waals surface area contributed by atoms with Crippen LogP contribution >= 0.6 is 0 Å². The van der Waals surface area contributed by atoms with E-state index < -0.39 is 0 Å². The van der Waals surface area contributed by atoms with Gasteiger partial charge in [0, 0.05) is 24.6 Å². The first kappa shape index (κ1) is 15.5. The quantitative estimate of drug-likeness (QED) is 0.905. The minimum Gasteiger partial charge on any atom is -0.370 e. The van der Waals surface area contributed by atoms with Crippen LogP contribution in [0.2, 0.25) is 0 Å². The minimum absolute atomic E-state index is 0.0289. The number of nitrogens with two attached hydrogens (primary N) is 1. The van der Waals surface area contributed by atoms with Crippen molar-refractivity contribution in [2.75, 3.05) is 6.54 Å². The average Bonchev–Trinajstić information content (AvgIpc) is 2.48. The molecule has 0 atom stereocenters. The number of carbonyl (C=O) groups is 2. The fourth-order valence-electron chi connectivity index (χ4n) is 3.04. The van der Waals surface area contributed by atoms with E-state index in [-0.39, 0.29) is 24.3 Å². The summed E-state index contributed by atoms with van der Waals surface area (Å²) in [6.07, 6.45) is 5.82. The lowest BCUT2D eigenvalue weighted by molar-refractivity contribution is -0.118. The summed E-state index contributed by atoms with van der Waals surface area (Å²) in [5.41, 5.74) is 6.97. The normalized spacial score (nSPS) is 15.7. The van der Waals surface area contributed by atoms with Crippen LogP contribution in [-0.4, -0.2) is 29.3 Å². The molecular formula is C17H24N2O2. The smallest absolute Gasteiger partial charge is 0.254 e. The van der Waals surface area contributed by atoms with E-state index >= 15 is 0 Å². The van der Waals surface area contributed by atoms with Crippen LogP contribution in [-0.2, 0) is 4.79 Å². The standard InChI is InChI=1S/C17H24N2O2/c1-13-7-5-6-10-15(13)17(21)19(12-11-16(18)20)14-8-3-2-4-9-14/h5-7,10,14H,2-4,8-9,11-12H2,1H3,(H2,18,20). The highest BCUT2D eigenvalue weighted by Gasteiger charge is 2.27. The number of hydrogen-bond donors (Lipinski definition) is 1. The largest absolute Gasteiger partial charge is 0.370 e. The Morgan fingerprint density at radius 1 is 1.19 bits per heavy atom. The zero-order valence-corrected chi connectivity index (χ0v) is 12.7. The van der Waals surface area contributed by atoms with Gasteiger partial charge < -0.3 is 10.6 Å². The van der Waals surface area contributed by atoms with Crippen molar-refractivity contribution in [2.45, 2.75) is 51.5 Å². The summed E-state index contributed by atoms with van der Waals surface area (Å²) >= 11 is 0. The van der Waals surface area contributed by atoms with Crippen molar-refractivity contribution in [2.24, 2.45) is 5.73 Å². The van der Waals surface area contributed by atoms with Gasteiger partial charge in [-0.3, -0.25) is 9.59 Å². The van der Waals surface area contributed by atoms with Crippen molar-refractivity contribution < 1.29 is 9.59 Å². The van der Waals surface area contributed by atoms with Crippen LogP contribution in [0.1, 0.15) is 54.4 Å². The number of aryl methyl sites for hydroxylation is 1. The molecule has 4 heteroatoms. The number of primary amides is 1. The molecule has 1 fully saturated rings. The molecule has 0 bridgehead atoms. The summed E-state index contributed by atoms with van der Waals surface area (Å²) in [6.45, 7) is 2.37. The highest BCUT2D eigenvalue weighted by Crippen LogP contribution is 2.25. The highest BCUT2D eigenvalue weighted by molar-refractivity contribution is 5.96. The van der Waals surface area contributed by atoms with E-state index in [4.69, 9.17) is 5.73 Å². The summed E-state index contributed by atoms with van der Waals surface area (Å²) in [5, 5.41) is 0. The van der Waals surface area contributed by atoms with Crippen LogP contribution in [0.4, 0.5) is 0 Å². The Kier molecular flexibility index (Phi) is 5.37. The molecule has 1 saturated carbocycles. The molecule has 0 saturated heterocycles. The van der Waals surface area contributed by atoms with E-state index in [1.807, 2.05) is 36.1 Å². The molecule has 2 amide bonds. The van der Waals surface area contributed by atoms with Crippen molar-refractivity contribution in [3.63, 3.8) is 0 Å². The van der Waals surface area contributed by atoms with Crippen molar-refractivity contribution >= 4 is 11.8 Å². The second-order valence-corrected chi connectivity index (χ2v) is 5.82. The number of benzene rings is 1. The van der Waals surface area contributed by atoms with E-state index in [9.17, 15) is 9.59 Å². The first-order valence-corrected chi connectivity index (χ1v) is 7.74. The van der Waals surface area contributed by atoms with E-state index in [0.29, 0.717) is 6.54 Å². The van der Waals surface area contributed by atoms with Gasteiger partial charge in [0.1, 0.15) is 0 Å². The van der Waals surface area contributed by atoms with Crippen LogP contribution < -0.4 is 5.73 Å². The molecular weight excluding hydrogens is 264 g/mol. The van der Waals surface area contributed by atoms with Crippen molar-refractivity contribution in [1.29, 1.82) is 0 Å². The molecule has 1 aliphatic carbocycles. The Balaban J connectivity index is 2.18. The topological polar surface area (TPSA) is 63.4 Å². The number of rotatable bonds is 5. The maximum Gasteiger partial charge on any atom is 0.254 e. The molecule has 4 nitrogen and oxygen atoms in total. The maximum atomic E-state index is 12.9. The fourth-order valence-corrected chi connectivity index (χ4v) is 3.04. The lowest BCUT2D eigenvalue weighted by Crippen LogP contribution is -2.43. The van der Waals surface area contributed by atoms with Gasteiger partial charge in [-0.25, -0.2) is 0 Å². The van der Waals surface area contributed by atoms with E-state index in [1.165, 1.54) is 6.42 Å². The highest BCUT2D eigenvalue weighted by atomic mass is 16.2. The molecule has 0 unspecified atom stereocenters. The summed E-state index contributed by atoms with van der Waals surface area (Å²) in [7, 11) is 0. The SMILES string of the molecule is Cc1ccccc1C(=O)N(CCC(N)=O)C1CCCCC1. The lowest BCUT2D eigenvalue weighted by Gasteiger charge is -2.34. The van der Waals surface area contributed by atoms with Crippen molar-refractivity contribution in [1.82, 2.24) is 4.90 Å². The summed E-state index contributed by atoms with van der Waals surface area (Å²) in [6, 6.07) is 7.86. The second kappa shape index (κ2) is 7.25. The first-order valence-electron chi connectivity index (χ1n) is 7.74. The third-order valence-corrected chi connectivity index (χ3v) is 4.25. The van der Waals surface area contributed by atoms with E-state index in [0.717, 1.165) is 36.8 Å². The van der Waals surface area contributed by atoms with Gasteiger partial charge in [-0.05, 0) is 31.4 Å².